The van der Waals surface area contributed by atoms with E-state index in [0.717, 1.165) is 11.1 Å². The second kappa shape index (κ2) is 9.52. The van der Waals surface area contributed by atoms with Crippen molar-refractivity contribution in [2.24, 2.45) is 4.99 Å². The quantitative estimate of drug-likeness (QED) is 0.531. The summed E-state index contributed by atoms with van der Waals surface area (Å²) in [5.74, 6) is 1.27. The summed E-state index contributed by atoms with van der Waals surface area (Å²) in [7, 11) is 3.32. The van der Waals surface area contributed by atoms with Crippen LogP contribution in [0.2, 0.25) is 0 Å². The van der Waals surface area contributed by atoms with E-state index in [-0.39, 0.29) is 12.5 Å². The maximum atomic E-state index is 9.62. The van der Waals surface area contributed by atoms with E-state index in [1.807, 2.05) is 42.5 Å². The first kappa shape index (κ1) is 17.7. The summed E-state index contributed by atoms with van der Waals surface area (Å²) in [6.45, 7) is 1.21. The van der Waals surface area contributed by atoms with Gasteiger partial charge in [0, 0.05) is 37.8 Å². The monoisotopic (exact) mass is 328 g/mol. The second-order valence-electron chi connectivity index (χ2n) is 5.27. The van der Waals surface area contributed by atoms with Crippen LogP contribution in [0.1, 0.15) is 17.0 Å². The molecule has 0 radical (unpaired) electrons. The normalized spacial score (nSPS) is 12.5. The Morgan fingerprint density at radius 3 is 2.67 bits per heavy atom. The van der Waals surface area contributed by atoms with Gasteiger partial charge in [-0.05, 0) is 11.6 Å². The molecule has 0 aliphatic heterocycles. The maximum absolute atomic E-state index is 9.62. The first-order chi connectivity index (χ1) is 11.8. The van der Waals surface area contributed by atoms with Gasteiger partial charge in [0.2, 0.25) is 5.88 Å². The fraction of sp³-hybridized carbons (Fsp3) is 0.333. The molecule has 1 aromatic heterocycles. The van der Waals surface area contributed by atoms with Crippen molar-refractivity contribution in [3.63, 3.8) is 0 Å². The number of rotatable bonds is 7. The van der Waals surface area contributed by atoms with Crippen LogP contribution in [0.3, 0.4) is 0 Å². The molecular weight excluding hydrogens is 304 g/mol. The van der Waals surface area contributed by atoms with Gasteiger partial charge in [0.15, 0.2) is 5.96 Å². The molecular formula is C18H24N4O2. The number of benzene rings is 1. The molecule has 1 heterocycles. The summed E-state index contributed by atoms with van der Waals surface area (Å²) >= 11 is 0. The van der Waals surface area contributed by atoms with Gasteiger partial charge in [0.05, 0.1) is 13.7 Å². The number of pyridine rings is 1. The summed E-state index contributed by atoms with van der Waals surface area (Å²) in [6, 6.07) is 13.8. The maximum Gasteiger partial charge on any atom is 0.218 e. The molecule has 24 heavy (non-hydrogen) atoms. The number of guanidine groups is 1. The van der Waals surface area contributed by atoms with Gasteiger partial charge in [0.1, 0.15) is 0 Å². The molecule has 0 amide bonds. The number of aliphatic imine (C=N–C) groups is 1. The molecule has 1 unspecified atom stereocenters. The largest absolute Gasteiger partial charge is 0.481 e. The van der Waals surface area contributed by atoms with E-state index in [9.17, 15) is 5.11 Å². The molecule has 0 saturated carbocycles. The van der Waals surface area contributed by atoms with Crippen LogP contribution in [-0.2, 0) is 6.54 Å². The second-order valence-corrected chi connectivity index (χ2v) is 5.27. The van der Waals surface area contributed by atoms with Gasteiger partial charge >= 0.3 is 0 Å². The smallest absolute Gasteiger partial charge is 0.218 e. The van der Waals surface area contributed by atoms with Gasteiger partial charge in [-0.2, -0.15) is 0 Å². The molecule has 3 N–H and O–H groups in total. The Morgan fingerprint density at radius 1 is 1.21 bits per heavy atom. The Morgan fingerprint density at radius 2 is 2.00 bits per heavy atom. The van der Waals surface area contributed by atoms with E-state index in [1.165, 1.54) is 0 Å². The average molecular weight is 328 g/mol. The number of ether oxygens (including phenoxy) is 1. The fourth-order valence-electron chi connectivity index (χ4n) is 2.37. The van der Waals surface area contributed by atoms with Gasteiger partial charge in [-0.25, -0.2) is 4.98 Å². The molecule has 1 atom stereocenters. The molecule has 0 spiro atoms. The number of methoxy groups -OCH3 is 1. The molecule has 2 aromatic rings. The van der Waals surface area contributed by atoms with Crippen LogP contribution in [0, 0.1) is 0 Å². The van der Waals surface area contributed by atoms with E-state index in [2.05, 4.69) is 20.6 Å². The highest BCUT2D eigenvalue weighted by Crippen LogP contribution is 2.14. The number of hydrogen-bond donors (Lipinski definition) is 3. The van der Waals surface area contributed by atoms with Crippen molar-refractivity contribution in [1.29, 1.82) is 0 Å². The van der Waals surface area contributed by atoms with Crippen LogP contribution in [-0.4, -0.2) is 43.4 Å². The topological polar surface area (TPSA) is 78.8 Å². The molecule has 128 valence electrons. The minimum Gasteiger partial charge on any atom is -0.481 e. The Hall–Kier alpha value is -2.60. The SMILES string of the molecule is CN=C(NCc1cccnc1OC)NCC(CO)c1ccccc1. The third kappa shape index (κ3) is 4.96. The van der Waals surface area contributed by atoms with Crippen LogP contribution in [0.5, 0.6) is 5.88 Å². The molecule has 0 aliphatic carbocycles. The first-order valence-electron chi connectivity index (χ1n) is 7.86. The Labute approximate surface area is 142 Å². The summed E-state index contributed by atoms with van der Waals surface area (Å²) in [6.07, 6.45) is 1.70. The Bertz CT molecular complexity index is 646. The highest BCUT2D eigenvalue weighted by atomic mass is 16.5. The average Bonchev–Trinajstić information content (AvgIpc) is 2.65. The lowest BCUT2D eigenvalue weighted by molar-refractivity contribution is 0.265. The molecule has 6 nitrogen and oxygen atoms in total. The Balaban J connectivity index is 1.90. The zero-order chi connectivity index (χ0) is 17.2. The minimum atomic E-state index is 0.0117. The summed E-state index contributed by atoms with van der Waals surface area (Å²) < 4.78 is 5.24. The van der Waals surface area contributed by atoms with Gasteiger partial charge < -0.3 is 20.5 Å². The minimum absolute atomic E-state index is 0.0117. The Kier molecular flexibility index (Phi) is 7.04. The molecule has 0 fully saturated rings. The zero-order valence-electron chi connectivity index (χ0n) is 14.1. The number of aromatic nitrogens is 1. The van der Waals surface area contributed by atoms with Crippen LogP contribution in [0.4, 0.5) is 0 Å². The molecule has 0 saturated heterocycles. The number of nitrogens with zero attached hydrogens (tertiary/aromatic N) is 2. The van der Waals surface area contributed by atoms with E-state index < -0.39 is 0 Å². The molecule has 0 bridgehead atoms. The first-order valence-corrected chi connectivity index (χ1v) is 7.86. The van der Waals surface area contributed by atoms with E-state index >= 15 is 0 Å². The lowest BCUT2D eigenvalue weighted by Crippen LogP contribution is -2.39. The fourth-order valence-corrected chi connectivity index (χ4v) is 2.37. The lowest BCUT2D eigenvalue weighted by Gasteiger charge is -2.18. The summed E-state index contributed by atoms with van der Waals surface area (Å²) in [5, 5.41) is 16.1. The molecule has 2 rings (SSSR count). The van der Waals surface area contributed by atoms with Crippen LogP contribution >= 0.6 is 0 Å². The number of nitrogens with one attached hydrogen (secondary N) is 2. The standard InChI is InChI=1S/C18H24N4O2/c1-19-18(21-11-15-9-6-10-20-17(15)24-2)22-12-16(13-23)14-7-4-3-5-8-14/h3-10,16,23H,11-13H2,1-2H3,(H2,19,21,22). The number of aliphatic hydroxyl groups excluding tert-OH is 1. The van der Waals surface area contributed by atoms with Gasteiger partial charge in [0.25, 0.3) is 0 Å². The van der Waals surface area contributed by atoms with Crippen molar-refractivity contribution in [2.75, 3.05) is 27.3 Å². The molecule has 1 aromatic carbocycles. The van der Waals surface area contributed by atoms with Crippen LogP contribution in [0.25, 0.3) is 0 Å². The predicted octanol–water partition coefficient (Wildman–Crippen LogP) is 1.53. The summed E-state index contributed by atoms with van der Waals surface area (Å²) in [5.41, 5.74) is 2.04. The van der Waals surface area contributed by atoms with Crippen molar-refractivity contribution in [3.8, 4) is 5.88 Å². The van der Waals surface area contributed by atoms with Gasteiger partial charge in [-0.3, -0.25) is 4.99 Å². The highest BCUT2D eigenvalue weighted by Gasteiger charge is 2.11. The van der Waals surface area contributed by atoms with E-state index in [4.69, 9.17) is 4.74 Å². The number of hydrogen-bond acceptors (Lipinski definition) is 4. The van der Waals surface area contributed by atoms with Crippen molar-refractivity contribution >= 4 is 5.96 Å². The van der Waals surface area contributed by atoms with Crippen molar-refractivity contribution in [2.45, 2.75) is 12.5 Å². The zero-order valence-corrected chi connectivity index (χ0v) is 14.1. The third-order valence-electron chi connectivity index (χ3n) is 3.72. The van der Waals surface area contributed by atoms with Crippen LogP contribution < -0.4 is 15.4 Å². The van der Waals surface area contributed by atoms with E-state index in [0.29, 0.717) is 24.9 Å². The van der Waals surface area contributed by atoms with E-state index in [1.54, 1.807) is 20.4 Å². The predicted molar refractivity (Wildman–Crippen MR) is 95.3 cm³/mol. The van der Waals surface area contributed by atoms with Crippen LogP contribution in [0.15, 0.2) is 53.7 Å². The highest BCUT2D eigenvalue weighted by molar-refractivity contribution is 5.79. The van der Waals surface area contributed by atoms with Gasteiger partial charge in [-0.15, -0.1) is 0 Å². The lowest BCUT2D eigenvalue weighted by atomic mass is 10.0. The molecule has 0 aliphatic rings. The molecule has 6 heteroatoms. The van der Waals surface area contributed by atoms with Crippen molar-refractivity contribution < 1.29 is 9.84 Å². The number of aliphatic hydroxyl groups is 1. The van der Waals surface area contributed by atoms with Crippen molar-refractivity contribution in [3.05, 3.63) is 59.8 Å². The van der Waals surface area contributed by atoms with Gasteiger partial charge in [-0.1, -0.05) is 36.4 Å². The third-order valence-corrected chi connectivity index (χ3v) is 3.72. The summed E-state index contributed by atoms with van der Waals surface area (Å²) in [4.78, 5) is 8.38. The van der Waals surface area contributed by atoms with Crippen molar-refractivity contribution in [1.82, 2.24) is 15.6 Å².